The number of benzene rings is 2. The van der Waals surface area contributed by atoms with Crippen LogP contribution in [0.15, 0.2) is 36.4 Å². The number of methoxy groups -OCH3 is 1. The number of amides is 2. The Labute approximate surface area is 122 Å². The van der Waals surface area contributed by atoms with Gasteiger partial charge in [-0.05, 0) is 61.4 Å². The summed E-state index contributed by atoms with van der Waals surface area (Å²) in [5.74, 6) is 0.400. The van der Waals surface area contributed by atoms with Gasteiger partial charge in [-0.1, -0.05) is 0 Å². The Morgan fingerprint density at radius 2 is 1.57 bits per heavy atom. The minimum atomic E-state index is -0.377. The summed E-state index contributed by atoms with van der Waals surface area (Å²) in [5, 5.41) is 5.45. The van der Waals surface area contributed by atoms with Crippen LogP contribution in [0, 0.1) is 19.7 Å². The van der Waals surface area contributed by atoms with E-state index in [9.17, 15) is 9.18 Å². The highest BCUT2D eigenvalue weighted by atomic mass is 19.1. The fourth-order valence-corrected chi connectivity index (χ4v) is 1.95. The molecule has 0 spiro atoms. The zero-order valence-electron chi connectivity index (χ0n) is 12.2. The fourth-order valence-electron chi connectivity index (χ4n) is 1.95. The van der Waals surface area contributed by atoms with Gasteiger partial charge >= 0.3 is 6.03 Å². The summed E-state index contributed by atoms with van der Waals surface area (Å²) in [6.07, 6.45) is 0. The molecule has 0 heterocycles. The van der Waals surface area contributed by atoms with Gasteiger partial charge in [-0.15, -0.1) is 0 Å². The van der Waals surface area contributed by atoms with Gasteiger partial charge in [0, 0.05) is 11.4 Å². The van der Waals surface area contributed by atoms with Crippen molar-refractivity contribution in [2.24, 2.45) is 0 Å². The molecule has 21 heavy (non-hydrogen) atoms. The molecule has 0 fully saturated rings. The molecular weight excluding hydrogens is 271 g/mol. The topological polar surface area (TPSA) is 50.4 Å². The van der Waals surface area contributed by atoms with Crippen molar-refractivity contribution < 1.29 is 13.9 Å². The van der Waals surface area contributed by atoms with Gasteiger partial charge in [0.05, 0.1) is 7.11 Å². The number of rotatable bonds is 3. The van der Waals surface area contributed by atoms with Crippen molar-refractivity contribution >= 4 is 17.4 Å². The van der Waals surface area contributed by atoms with E-state index in [1.54, 1.807) is 26.2 Å². The number of nitrogens with one attached hydrogen (secondary N) is 2. The van der Waals surface area contributed by atoms with Crippen LogP contribution < -0.4 is 15.4 Å². The number of hydrogen-bond acceptors (Lipinski definition) is 2. The highest BCUT2D eigenvalue weighted by Crippen LogP contribution is 2.22. The standard InChI is InChI=1S/C16H17FN2O2/c1-10-8-12(17)4-6-14(10)18-16(20)19-15-7-5-13(21-3)9-11(15)2/h4-9H,1-3H3,(H2,18,19,20). The maximum atomic E-state index is 13.0. The molecule has 0 aliphatic heterocycles. The van der Waals surface area contributed by atoms with Crippen molar-refractivity contribution in [3.05, 3.63) is 53.3 Å². The van der Waals surface area contributed by atoms with Crippen LogP contribution in [-0.4, -0.2) is 13.1 Å². The third kappa shape index (κ3) is 3.72. The zero-order chi connectivity index (χ0) is 15.4. The van der Waals surface area contributed by atoms with Crippen molar-refractivity contribution in [2.45, 2.75) is 13.8 Å². The average Bonchev–Trinajstić information content (AvgIpc) is 2.44. The van der Waals surface area contributed by atoms with Crippen LogP contribution >= 0.6 is 0 Å². The van der Waals surface area contributed by atoms with Gasteiger partial charge in [0.15, 0.2) is 0 Å². The van der Waals surface area contributed by atoms with E-state index in [2.05, 4.69) is 10.6 Å². The van der Waals surface area contributed by atoms with E-state index in [1.165, 1.54) is 18.2 Å². The summed E-state index contributed by atoms with van der Waals surface area (Å²) < 4.78 is 18.1. The Hall–Kier alpha value is -2.56. The summed E-state index contributed by atoms with van der Waals surface area (Å²) in [6, 6.07) is 9.20. The summed E-state index contributed by atoms with van der Waals surface area (Å²) in [4.78, 5) is 12.0. The summed E-state index contributed by atoms with van der Waals surface area (Å²) in [7, 11) is 1.59. The first-order valence-corrected chi connectivity index (χ1v) is 6.48. The normalized spacial score (nSPS) is 10.1. The Morgan fingerprint density at radius 1 is 1.00 bits per heavy atom. The van der Waals surface area contributed by atoms with E-state index < -0.39 is 0 Å². The maximum Gasteiger partial charge on any atom is 0.323 e. The van der Waals surface area contributed by atoms with E-state index in [4.69, 9.17) is 4.74 Å². The first-order valence-electron chi connectivity index (χ1n) is 6.48. The predicted octanol–water partition coefficient (Wildman–Crippen LogP) is 4.10. The van der Waals surface area contributed by atoms with Crippen molar-refractivity contribution in [3.63, 3.8) is 0 Å². The minimum absolute atomic E-state index is 0.329. The van der Waals surface area contributed by atoms with Crippen molar-refractivity contribution in [1.29, 1.82) is 0 Å². The number of halogens is 1. The number of aryl methyl sites for hydroxylation is 2. The second-order valence-electron chi connectivity index (χ2n) is 4.72. The lowest BCUT2D eigenvalue weighted by Crippen LogP contribution is -2.20. The van der Waals surface area contributed by atoms with Gasteiger partial charge in [-0.25, -0.2) is 9.18 Å². The quantitative estimate of drug-likeness (QED) is 0.893. The fraction of sp³-hybridized carbons (Fsp3) is 0.188. The lowest BCUT2D eigenvalue weighted by atomic mass is 10.2. The van der Waals surface area contributed by atoms with Gasteiger partial charge in [0.25, 0.3) is 0 Å². The molecule has 0 saturated heterocycles. The first kappa shape index (κ1) is 14.8. The second-order valence-corrected chi connectivity index (χ2v) is 4.72. The lowest BCUT2D eigenvalue weighted by Gasteiger charge is -2.12. The Kier molecular flexibility index (Phi) is 4.42. The molecule has 2 aromatic carbocycles. The zero-order valence-corrected chi connectivity index (χ0v) is 12.2. The SMILES string of the molecule is COc1ccc(NC(=O)Nc2ccc(F)cc2C)c(C)c1. The molecule has 0 atom stereocenters. The number of hydrogen-bond donors (Lipinski definition) is 2. The molecule has 0 aromatic heterocycles. The summed E-state index contributed by atoms with van der Waals surface area (Å²) in [5.41, 5.74) is 2.81. The first-order chi connectivity index (χ1) is 9.99. The molecule has 2 rings (SSSR count). The summed E-state index contributed by atoms with van der Waals surface area (Å²) >= 11 is 0. The number of ether oxygens (including phenoxy) is 1. The molecule has 0 unspecified atom stereocenters. The van der Waals surface area contributed by atoms with E-state index in [1.807, 2.05) is 13.0 Å². The Bertz CT molecular complexity index is 671. The number of urea groups is 1. The molecule has 0 aliphatic rings. The van der Waals surface area contributed by atoms with Crippen molar-refractivity contribution in [3.8, 4) is 5.75 Å². The highest BCUT2D eigenvalue weighted by Gasteiger charge is 2.08. The molecule has 2 aromatic rings. The van der Waals surface area contributed by atoms with Gasteiger partial charge < -0.3 is 15.4 Å². The predicted molar refractivity (Wildman–Crippen MR) is 81.5 cm³/mol. The molecule has 4 nitrogen and oxygen atoms in total. The molecule has 0 bridgehead atoms. The van der Waals surface area contributed by atoms with Gasteiger partial charge in [-0.2, -0.15) is 0 Å². The van der Waals surface area contributed by atoms with Gasteiger partial charge in [0.2, 0.25) is 0 Å². The van der Waals surface area contributed by atoms with Crippen LogP contribution in [0.3, 0.4) is 0 Å². The minimum Gasteiger partial charge on any atom is -0.497 e. The third-order valence-corrected chi connectivity index (χ3v) is 3.12. The molecule has 2 amide bonds. The number of carbonyl (C=O) groups excluding carboxylic acids is 1. The lowest BCUT2D eigenvalue weighted by molar-refractivity contribution is 0.262. The van der Waals surface area contributed by atoms with Crippen LogP contribution in [0.5, 0.6) is 5.75 Å². The van der Waals surface area contributed by atoms with Gasteiger partial charge in [0.1, 0.15) is 11.6 Å². The van der Waals surface area contributed by atoms with E-state index in [0.29, 0.717) is 16.9 Å². The smallest absolute Gasteiger partial charge is 0.323 e. The maximum absolute atomic E-state index is 13.0. The molecule has 0 radical (unpaired) electrons. The second kappa shape index (κ2) is 6.26. The van der Waals surface area contributed by atoms with Crippen LogP contribution in [0.2, 0.25) is 0 Å². The molecule has 0 aliphatic carbocycles. The Morgan fingerprint density at radius 3 is 2.10 bits per heavy atom. The van der Waals surface area contributed by atoms with E-state index >= 15 is 0 Å². The van der Waals surface area contributed by atoms with Crippen LogP contribution in [-0.2, 0) is 0 Å². The van der Waals surface area contributed by atoms with Crippen LogP contribution in [0.25, 0.3) is 0 Å². The van der Waals surface area contributed by atoms with Gasteiger partial charge in [-0.3, -0.25) is 0 Å². The monoisotopic (exact) mass is 288 g/mol. The van der Waals surface area contributed by atoms with Crippen LogP contribution in [0.1, 0.15) is 11.1 Å². The molecule has 0 saturated carbocycles. The van der Waals surface area contributed by atoms with Crippen LogP contribution in [0.4, 0.5) is 20.6 Å². The van der Waals surface area contributed by atoms with E-state index in [0.717, 1.165) is 11.3 Å². The molecular formula is C16H17FN2O2. The molecule has 5 heteroatoms. The van der Waals surface area contributed by atoms with Crippen molar-refractivity contribution in [1.82, 2.24) is 0 Å². The van der Waals surface area contributed by atoms with Crippen molar-refractivity contribution in [2.75, 3.05) is 17.7 Å². The third-order valence-electron chi connectivity index (χ3n) is 3.12. The average molecular weight is 288 g/mol. The largest absolute Gasteiger partial charge is 0.497 e. The highest BCUT2D eigenvalue weighted by molar-refractivity contribution is 6.00. The number of carbonyl (C=O) groups is 1. The summed E-state index contributed by atoms with van der Waals surface area (Å²) in [6.45, 7) is 3.61. The Balaban J connectivity index is 2.08. The molecule has 110 valence electrons. The number of anilines is 2. The van der Waals surface area contributed by atoms with E-state index in [-0.39, 0.29) is 11.8 Å². The molecule has 2 N–H and O–H groups in total.